The van der Waals surface area contributed by atoms with Crippen molar-refractivity contribution in [2.45, 2.75) is 13.3 Å². The lowest BCUT2D eigenvalue weighted by Crippen LogP contribution is -2.18. The number of carbonyl (C=O) groups excluding carboxylic acids is 2. The Morgan fingerprint density at radius 1 is 1.17 bits per heavy atom. The number of rotatable bonds is 7. The molecule has 0 aliphatic rings. The number of para-hydroxylation sites is 1. The average Bonchev–Trinajstić information content (AvgIpc) is 3.15. The molecule has 3 rings (SSSR count). The van der Waals surface area contributed by atoms with Crippen molar-refractivity contribution in [3.8, 4) is 0 Å². The highest BCUT2D eigenvalue weighted by molar-refractivity contribution is 6.10. The number of nitrogens with one attached hydrogen (secondary N) is 1. The molecule has 0 amide bonds. The van der Waals surface area contributed by atoms with Gasteiger partial charge in [0.25, 0.3) is 5.69 Å². The highest BCUT2D eigenvalue weighted by Gasteiger charge is 2.21. The summed E-state index contributed by atoms with van der Waals surface area (Å²) in [4.78, 5) is 40.4. The van der Waals surface area contributed by atoms with Crippen LogP contribution in [0.2, 0.25) is 0 Å². The molecule has 0 bridgehead atoms. The third kappa shape index (κ3) is 3.96. The molecule has 0 saturated heterocycles. The Morgan fingerprint density at radius 2 is 1.93 bits per heavy atom. The molecule has 0 saturated carbocycles. The van der Waals surface area contributed by atoms with Crippen LogP contribution in [0.15, 0.2) is 42.6 Å². The summed E-state index contributed by atoms with van der Waals surface area (Å²) in [5.74, 6) is -1.14. The third-order valence-corrected chi connectivity index (χ3v) is 4.71. The second kappa shape index (κ2) is 8.14. The smallest absolute Gasteiger partial charge is 0.340 e. The molecule has 0 aliphatic heterocycles. The molecule has 0 spiro atoms. The van der Waals surface area contributed by atoms with Crippen molar-refractivity contribution in [1.82, 2.24) is 4.98 Å². The molecule has 0 fully saturated rings. The Kier molecular flexibility index (Phi) is 5.63. The van der Waals surface area contributed by atoms with Gasteiger partial charge in [0.1, 0.15) is 0 Å². The maximum Gasteiger partial charge on any atom is 0.340 e. The van der Waals surface area contributed by atoms with Crippen molar-refractivity contribution in [2.75, 3.05) is 25.6 Å². The fourth-order valence-electron chi connectivity index (χ4n) is 3.22. The summed E-state index contributed by atoms with van der Waals surface area (Å²) in [5, 5.41) is 11.8. The Labute approximate surface area is 167 Å². The number of non-ortho nitro benzene ring substituents is 1. The van der Waals surface area contributed by atoms with Gasteiger partial charge in [-0.3, -0.25) is 14.9 Å². The van der Waals surface area contributed by atoms with Crippen LogP contribution in [0.25, 0.3) is 10.9 Å². The number of hydrogen-bond acceptors (Lipinski definition) is 6. The van der Waals surface area contributed by atoms with E-state index in [9.17, 15) is 19.7 Å². The molecule has 8 heteroatoms. The lowest BCUT2D eigenvalue weighted by atomic mass is 10.1. The highest BCUT2D eigenvalue weighted by atomic mass is 16.6. The number of nitro benzene ring substituents is 1. The van der Waals surface area contributed by atoms with E-state index in [0.717, 1.165) is 29.0 Å². The van der Waals surface area contributed by atoms with Crippen molar-refractivity contribution in [3.05, 3.63) is 69.4 Å². The van der Waals surface area contributed by atoms with Crippen LogP contribution in [0.3, 0.4) is 0 Å². The minimum atomic E-state index is -0.792. The number of aryl methyl sites for hydroxylation is 1. The van der Waals surface area contributed by atoms with Crippen molar-refractivity contribution < 1.29 is 19.2 Å². The van der Waals surface area contributed by atoms with Gasteiger partial charge in [0.2, 0.25) is 5.78 Å². The number of anilines is 1. The molecule has 0 aliphatic carbocycles. The number of carbonyl (C=O) groups is 2. The molecule has 0 atom stereocenters. The molecule has 8 nitrogen and oxygen atoms in total. The van der Waals surface area contributed by atoms with E-state index in [1.165, 1.54) is 12.1 Å². The number of H-pyrrole nitrogens is 1. The number of ether oxygens (including phenoxy) is 1. The maximum atomic E-state index is 12.6. The minimum Gasteiger partial charge on any atom is -0.454 e. The number of aromatic nitrogens is 1. The number of fused-ring (bicyclic) bond motifs is 1. The van der Waals surface area contributed by atoms with Crippen LogP contribution in [0.4, 0.5) is 11.4 Å². The largest absolute Gasteiger partial charge is 0.454 e. The number of nitro groups is 1. The molecule has 1 aromatic heterocycles. The molecule has 1 heterocycles. The molecule has 3 aromatic rings. The van der Waals surface area contributed by atoms with Gasteiger partial charge in [-0.05, 0) is 18.1 Å². The van der Waals surface area contributed by atoms with Crippen molar-refractivity contribution in [1.29, 1.82) is 0 Å². The first kappa shape index (κ1) is 20.1. The first-order valence-electron chi connectivity index (χ1n) is 9.08. The molecular weight excluding hydrogens is 374 g/mol. The fraction of sp³-hybridized carbons (Fsp3) is 0.238. The van der Waals surface area contributed by atoms with Gasteiger partial charge < -0.3 is 14.6 Å². The van der Waals surface area contributed by atoms with E-state index in [-0.39, 0.29) is 17.0 Å². The number of hydrogen-bond donors (Lipinski definition) is 1. The van der Waals surface area contributed by atoms with Crippen LogP contribution >= 0.6 is 0 Å². The molecular formula is C21H21N3O5. The molecule has 0 radical (unpaired) electrons. The van der Waals surface area contributed by atoms with E-state index in [2.05, 4.69) is 4.98 Å². The summed E-state index contributed by atoms with van der Waals surface area (Å²) < 4.78 is 5.19. The second-order valence-corrected chi connectivity index (χ2v) is 6.75. The van der Waals surface area contributed by atoms with Gasteiger partial charge in [0.05, 0.1) is 16.2 Å². The van der Waals surface area contributed by atoms with E-state index < -0.39 is 17.5 Å². The fourth-order valence-corrected chi connectivity index (χ4v) is 3.22. The number of benzene rings is 2. The van der Waals surface area contributed by atoms with E-state index >= 15 is 0 Å². The summed E-state index contributed by atoms with van der Waals surface area (Å²) in [6, 6.07) is 9.64. The summed E-state index contributed by atoms with van der Waals surface area (Å²) in [7, 11) is 3.42. The van der Waals surface area contributed by atoms with Crippen molar-refractivity contribution in [2.24, 2.45) is 0 Å². The van der Waals surface area contributed by atoms with Gasteiger partial charge in [0, 0.05) is 48.9 Å². The first-order chi connectivity index (χ1) is 13.8. The number of nitrogens with zero attached hydrogens (tertiary/aromatic N) is 2. The Morgan fingerprint density at radius 3 is 2.59 bits per heavy atom. The Bertz CT molecular complexity index is 1100. The zero-order valence-corrected chi connectivity index (χ0v) is 16.4. The zero-order valence-electron chi connectivity index (χ0n) is 16.4. The Balaban J connectivity index is 1.82. The van der Waals surface area contributed by atoms with Crippen LogP contribution in [0.5, 0.6) is 0 Å². The van der Waals surface area contributed by atoms with E-state index in [4.69, 9.17) is 4.74 Å². The van der Waals surface area contributed by atoms with Gasteiger partial charge in [-0.1, -0.05) is 25.1 Å². The third-order valence-electron chi connectivity index (χ3n) is 4.71. The lowest BCUT2D eigenvalue weighted by Gasteiger charge is -2.16. The highest BCUT2D eigenvalue weighted by Crippen LogP contribution is 2.26. The monoisotopic (exact) mass is 395 g/mol. The SMILES string of the molecule is CCc1cccc2c(C(=O)COC(=O)c3cc([N+](=O)[O-])ccc3N(C)C)c[nH]c12. The van der Waals surface area contributed by atoms with Gasteiger partial charge in [-0.25, -0.2) is 4.79 Å². The number of aromatic amines is 1. The van der Waals surface area contributed by atoms with E-state index in [0.29, 0.717) is 11.3 Å². The van der Waals surface area contributed by atoms with Gasteiger partial charge >= 0.3 is 5.97 Å². The topological polar surface area (TPSA) is 106 Å². The minimum absolute atomic E-state index is 0.0317. The summed E-state index contributed by atoms with van der Waals surface area (Å²) in [6.45, 7) is 1.57. The quantitative estimate of drug-likeness (QED) is 0.283. The first-order valence-corrected chi connectivity index (χ1v) is 9.08. The number of Topliss-reactive ketones (excluding diaryl/α,β-unsaturated/α-hetero) is 1. The average molecular weight is 395 g/mol. The van der Waals surface area contributed by atoms with Crippen molar-refractivity contribution in [3.63, 3.8) is 0 Å². The van der Waals surface area contributed by atoms with Crippen LogP contribution in [0, 0.1) is 10.1 Å². The zero-order chi connectivity index (χ0) is 21.1. The number of esters is 1. The second-order valence-electron chi connectivity index (χ2n) is 6.75. The Hall–Kier alpha value is -3.68. The lowest BCUT2D eigenvalue weighted by molar-refractivity contribution is -0.384. The molecule has 1 N–H and O–H groups in total. The predicted octanol–water partition coefficient (Wildman–Crippen LogP) is 3.74. The van der Waals surface area contributed by atoms with Gasteiger partial charge in [0.15, 0.2) is 6.61 Å². The van der Waals surface area contributed by atoms with Crippen LogP contribution in [-0.4, -0.2) is 42.4 Å². The number of ketones is 1. The normalized spacial score (nSPS) is 10.7. The van der Waals surface area contributed by atoms with E-state index in [1.54, 1.807) is 25.2 Å². The maximum absolute atomic E-state index is 12.6. The van der Waals surface area contributed by atoms with Gasteiger partial charge in [-0.2, -0.15) is 0 Å². The predicted molar refractivity (Wildman–Crippen MR) is 110 cm³/mol. The van der Waals surface area contributed by atoms with E-state index in [1.807, 2.05) is 25.1 Å². The molecule has 2 aromatic carbocycles. The van der Waals surface area contributed by atoms with Crippen molar-refractivity contribution >= 4 is 34.0 Å². The summed E-state index contributed by atoms with van der Waals surface area (Å²) in [6.07, 6.45) is 2.43. The standard InChI is InChI=1S/C21H21N3O5/c1-4-13-6-5-7-15-17(11-22-20(13)15)19(25)12-29-21(26)16-10-14(24(27)28)8-9-18(16)23(2)3/h5-11,22H,4,12H2,1-3H3. The van der Waals surface area contributed by atoms with Crippen LogP contribution in [0.1, 0.15) is 33.2 Å². The van der Waals surface area contributed by atoms with Gasteiger partial charge in [-0.15, -0.1) is 0 Å². The summed E-state index contributed by atoms with van der Waals surface area (Å²) in [5.41, 5.74) is 2.69. The van der Waals surface area contributed by atoms with Crippen LogP contribution < -0.4 is 4.90 Å². The summed E-state index contributed by atoms with van der Waals surface area (Å²) >= 11 is 0. The molecule has 29 heavy (non-hydrogen) atoms. The molecule has 150 valence electrons. The van der Waals surface area contributed by atoms with Crippen LogP contribution in [-0.2, 0) is 11.2 Å². The molecule has 0 unspecified atom stereocenters.